The first-order chi connectivity index (χ1) is 10.7. The lowest BCUT2D eigenvalue weighted by Crippen LogP contribution is -2.41. The molecule has 1 aliphatic heterocycles. The van der Waals surface area contributed by atoms with Gasteiger partial charge >= 0.3 is 0 Å². The van der Waals surface area contributed by atoms with Gasteiger partial charge in [0.1, 0.15) is 12.7 Å². The summed E-state index contributed by atoms with van der Waals surface area (Å²) in [5.41, 5.74) is -0.0746. The molecule has 1 fully saturated rings. The maximum Gasteiger partial charge on any atom is 0.250 e. The number of aryl methyl sites for hydroxylation is 1. The van der Waals surface area contributed by atoms with Crippen LogP contribution < -0.4 is 5.56 Å². The fourth-order valence-corrected chi connectivity index (χ4v) is 2.82. The van der Waals surface area contributed by atoms with Crippen molar-refractivity contribution in [3.63, 3.8) is 0 Å². The van der Waals surface area contributed by atoms with Crippen LogP contribution in [0.2, 0.25) is 0 Å². The quantitative estimate of drug-likeness (QED) is 0.833. The van der Waals surface area contributed by atoms with Crippen molar-refractivity contribution in [2.45, 2.75) is 31.8 Å². The van der Waals surface area contributed by atoms with E-state index in [1.54, 1.807) is 29.2 Å². The largest absolute Gasteiger partial charge is 0.340 e. The molecule has 1 aliphatic rings. The number of piperidine rings is 1. The van der Waals surface area contributed by atoms with Crippen LogP contribution in [-0.4, -0.2) is 43.2 Å². The molecule has 2 aromatic heterocycles. The highest BCUT2D eigenvalue weighted by Crippen LogP contribution is 2.20. The average Bonchev–Trinajstić information content (AvgIpc) is 3.08. The van der Waals surface area contributed by atoms with Gasteiger partial charge in [0.2, 0.25) is 5.91 Å². The van der Waals surface area contributed by atoms with Gasteiger partial charge in [0.05, 0.1) is 6.04 Å². The number of hydrogen-bond donors (Lipinski definition) is 0. The number of amides is 1. The van der Waals surface area contributed by atoms with Crippen molar-refractivity contribution in [3.05, 3.63) is 47.4 Å². The zero-order chi connectivity index (χ0) is 15.4. The van der Waals surface area contributed by atoms with Crippen molar-refractivity contribution in [1.29, 1.82) is 0 Å². The third kappa shape index (κ3) is 3.24. The van der Waals surface area contributed by atoms with Crippen LogP contribution in [0.4, 0.5) is 0 Å². The summed E-state index contributed by atoms with van der Waals surface area (Å²) < 4.78 is 3.39. The Morgan fingerprint density at radius 3 is 3.05 bits per heavy atom. The number of pyridine rings is 1. The summed E-state index contributed by atoms with van der Waals surface area (Å²) in [5, 5.41) is 4.16. The number of carbonyl (C=O) groups excluding carboxylic acids is 1. The molecule has 3 rings (SSSR count). The molecule has 0 aliphatic carbocycles. The minimum Gasteiger partial charge on any atom is -0.340 e. The molecule has 7 nitrogen and oxygen atoms in total. The molecule has 1 atom stereocenters. The fraction of sp³-hybridized carbons (Fsp3) is 0.467. The maximum absolute atomic E-state index is 12.4. The molecule has 0 unspecified atom stereocenters. The highest BCUT2D eigenvalue weighted by atomic mass is 16.2. The molecule has 2 aromatic rings. The normalized spacial score (nSPS) is 18.4. The number of rotatable bonds is 4. The van der Waals surface area contributed by atoms with E-state index >= 15 is 0 Å². The second kappa shape index (κ2) is 6.55. The van der Waals surface area contributed by atoms with Gasteiger partial charge in [-0.3, -0.25) is 9.59 Å². The molecule has 0 N–H and O–H groups in total. The summed E-state index contributed by atoms with van der Waals surface area (Å²) in [7, 11) is 0. The van der Waals surface area contributed by atoms with Gasteiger partial charge in [0.15, 0.2) is 0 Å². The van der Waals surface area contributed by atoms with Crippen LogP contribution in [0, 0.1) is 0 Å². The van der Waals surface area contributed by atoms with E-state index in [4.69, 9.17) is 0 Å². The Hall–Kier alpha value is -2.44. The molecule has 116 valence electrons. The Morgan fingerprint density at radius 2 is 2.27 bits per heavy atom. The Kier molecular flexibility index (Phi) is 4.32. The van der Waals surface area contributed by atoms with Gasteiger partial charge in [-0.1, -0.05) is 6.07 Å². The number of likely N-dealkylation sites (tertiary alicyclic amines) is 1. The Labute approximate surface area is 128 Å². The van der Waals surface area contributed by atoms with Gasteiger partial charge < -0.3 is 9.47 Å². The predicted octanol–water partition coefficient (Wildman–Crippen LogP) is 0.694. The van der Waals surface area contributed by atoms with E-state index in [2.05, 4.69) is 10.1 Å². The van der Waals surface area contributed by atoms with Gasteiger partial charge in [-0.15, -0.1) is 0 Å². The highest BCUT2D eigenvalue weighted by Gasteiger charge is 2.24. The molecule has 1 amide bonds. The van der Waals surface area contributed by atoms with Gasteiger partial charge in [-0.2, -0.15) is 5.10 Å². The molecular weight excluding hydrogens is 282 g/mol. The third-order valence-corrected chi connectivity index (χ3v) is 4.03. The smallest absolute Gasteiger partial charge is 0.250 e. The molecule has 7 heteroatoms. The fourth-order valence-electron chi connectivity index (χ4n) is 2.82. The van der Waals surface area contributed by atoms with E-state index in [0.717, 1.165) is 19.4 Å². The zero-order valence-electron chi connectivity index (χ0n) is 12.3. The van der Waals surface area contributed by atoms with Crippen LogP contribution >= 0.6 is 0 Å². The van der Waals surface area contributed by atoms with Crippen molar-refractivity contribution in [3.8, 4) is 0 Å². The van der Waals surface area contributed by atoms with Crippen molar-refractivity contribution >= 4 is 5.91 Å². The first-order valence-corrected chi connectivity index (χ1v) is 7.51. The minimum absolute atomic E-state index is 0.0746. The van der Waals surface area contributed by atoms with Crippen LogP contribution in [0.1, 0.15) is 25.3 Å². The standard InChI is InChI=1S/C15H19N5O2/c21-14-5-1-2-7-18(14)9-6-15(22)19-8-3-4-13(10-19)20-12-16-11-17-20/h1-2,5,7,11-13H,3-4,6,8-10H2/t13-/m1/s1. The topological polar surface area (TPSA) is 73.0 Å². The van der Waals surface area contributed by atoms with E-state index < -0.39 is 0 Å². The van der Waals surface area contributed by atoms with Crippen LogP contribution in [0.15, 0.2) is 41.8 Å². The van der Waals surface area contributed by atoms with E-state index in [-0.39, 0.29) is 17.5 Å². The monoisotopic (exact) mass is 301 g/mol. The van der Waals surface area contributed by atoms with Crippen molar-refractivity contribution in [2.24, 2.45) is 0 Å². The second-order valence-electron chi connectivity index (χ2n) is 5.49. The molecule has 0 aromatic carbocycles. The Balaban J connectivity index is 1.58. The molecule has 1 saturated heterocycles. The lowest BCUT2D eigenvalue weighted by molar-refractivity contribution is -0.133. The molecule has 0 spiro atoms. The molecule has 22 heavy (non-hydrogen) atoms. The van der Waals surface area contributed by atoms with Gasteiger partial charge in [0, 0.05) is 38.3 Å². The summed E-state index contributed by atoms with van der Waals surface area (Å²) in [5.74, 6) is 0.0839. The highest BCUT2D eigenvalue weighted by molar-refractivity contribution is 5.76. The lowest BCUT2D eigenvalue weighted by Gasteiger charge is -2.32. The SMILES string of the molecule is O=C(CCn1ccccc1=O)N1CCC[C@@H](n2cncn2)C1. The average molecular weight is 301 g/mol. The van der Waals surface area contributed by atoms with Crippen molar-refractivity contribution in [2.75, 3.05) is 13.1 Å². The van der Waals surface area contributed by atoms with Crippen LogP contribution in [0.3, 0.4) is 0 Å². The summed E-state index contributed by atoms with van der Waals surface area (Å²) in [4.78, 5) is 29.8. The second-order valence-corrected chi connectivity index (χ2v) is 5.49. The lowest BCUT2D eigenvalue weighted by atomic mass is 10.1. The third-order valence-electron chi connectivity index (χ3n) is 4.03. The minimum atomic E-state index is -0.0746. The zero-order valence-corrected chi connectivity index (χ0v) is 12.3. The van der Waals surface area contributed by atoms with E-state index in [1.807, 2.05) is 9.58 Å². The first-order valence-electron chi connectivity index (χ1n) is 7.51. The number of aromatic nitrogens is 4. The number of carbonyl (C=O) groups is 1. The van der Waals surface area contributed by atoms with Crippen molar-refractivity contribution in [1.82, 2.24) is 24.2 Å². The summed E-state index contributed by atoms with van der Waals surface area (Å²) in [6, 6.07) is 5.20. The Bertz CT molecular complexity index is 679. The number of nitrogens with zero attached hydrogens (tertiary/aromatic N) is 5. The van der Waals surface area contributed by atoms with Crippen molar-refractivity contribution < 1.29 is 4.79 Å². The molecule has 0 bridgehead atoms. The summed E-state index contributed by atoms with van der Waals surface area (Å²) >= 11 is 0. The van der Waals surface area contributed by atoms with E-state index in [0.29, 0.717) is 19.5 Å². The van der Waals surface area contributed by atoms with E-state index in [1.165, 1.54) is 12.4 Å². The first kappa shape index (κ1) is 14.5. The summed E-state index contributed by atoms with van der Waals surface area (Å²) in [6.45, 7) is 1.85. The summed E-state index contributed by atoms with van der Waals surface area (Å²) in [6.07, 6.45) is 7.23. The van der Waals surface area contributed by atoms with Crippen LogP contribution in [0.5, 0.6) is 0 Å². The maximum atomic E-state index is 12.4. The van der Waals surface area contributed by atoms with E-state index in [9.17, 15) is 9.59 Å². The van der Waals surface area contributed by atoms with Gasteiger partial charge in [-0.25, -0.2) is 9.67 Å². The van der Waals surface area contributed by atoms with Gasteiger partial charge in [-0.05, 0) is 18.9 Å². The van der Waals surface area contributed by atoms with Crippen LogP contribution in [-0.2, 0) is 11.3 Å². The molecular formula is C15H19N5O2. The molecule has 0 radical (unpaired) electrons. The predicted molar refractivity (Wildman–Crippen MR) is 80.2 cm³/mol. The number of hydrogen-bond acceptors (Lipinski definition) is 4. The molecule has 0 saturated carbocycles. The molecule has 3 heterocycles. The van der Waals surface area contributed by atoms with Crippen LogP contribution in [0.25, 0.3) is 0 Å². The Morgan fingerprint density at radius 1 is 1.36 bits per heavy atom. The van der Waals surface area contributed by atoms with Gasteiger partial charge in [0.25, 0.3) is 5.56 Å².